The standard InChI is InChI=1S/C16H14N4O2/c1-9-13-14(11-6-4-3-5-7-11)12(8-17)15(18-10(2)21)22-16(13)20-19-9/h3-7,14H,1-2H3,(H,18,21)(H,19,20)/t14-/m1/s1. The minimum Gasteiger partial charge on any atom is -0.420 e. The smallest absolute Gasteiger partial charge is 0.244 e. The molecular weight excluding hydrogens is 280 g/mol. The molecule has 1 aromatic carbocycles. The quantitative estimate of drug-likeness (QED) is 0.887. The number of carbonyl (C=O) groups excluding carboxylic acids is 1. The number of nitriles is 1. The van der Waals surface area contributed by atoms with E-state index in [-0.39, 0.29) is 17.7 Å². The second kappa shape index (κ2) is 5.37. The molecule has 6 heteroatoms. The lowest BCUT2D eigenvalue weighted by atomic mass is 9.84. The summed E-state index contributed by atoms with van der Waals surface area (Å²) in [5.41, 5.74) is 2.95. The van der Waals surface area contributed by atoms with Gasteiger partial charge in [0.1, 0.15) is 11.6 Å². The van der Waals surface area contributed by atoms with Crippen LogP contribution in [0.4, 0.5) is 0 Å². The first-order valence-electron chi connectivity index (χ1n) is 6.81. The molecule has 1 aromatic heterocycles. The number of hydrogen-bond acceptors (Lipinski definition) is 4. The summed E-state index contributed by atoms with van der Waals surface area (Å²) >= 11 is 0. The highest BCUT2D eigenvalue weighted by Gasteiger charge is 2.35. The number of H-pyrrole nitrogens is 1. The summed E-state index contributed by atoms with van der Waals surface area (Å²) in [6.07, 6.45) is 0. The van der Waals surface area contributed by atoms with Crippen LogP contribution in [0.15, 0.2) is 41.8 Å². The lowest BCUT2D eigenvalue weighted by Gasteiger charge is -2.25. The number of aromatic amines is 1. The molecule has 1 atom stereocenters. The van der Waals surface area contributed by atoms with Crippen molar-refractivity contribution in [2.24, 2.45) is 0 Å². The molecular formula is C16H14N4O2. The van der Waals surface area contributed by atoms with E-state index in [9.17, 15) is 10.1 Å². The second-order valence-electron chi connectivity index (χ2n) is 5.05. The van der Waals surface area contributed by atoms with E-state index in [1.165, 1.54) is 6.92 Å². The van der Waals surface area contributed by atoms with E-state index < -0.39 is 0 Å². The normalized spacial score (nSPS) is 16.5. The number of benzene rings is 1. The van der Waals surface area contributed by atoms with Crippen LogP contribution in [0.3, 0.4) is 0 Å². The van der Waals surface area contributed by atoms with E-state index in [1.807, 2.05) is 37.3 Å². The van der Waals surface area contributed by atoms with Crippen molar-refractivity contribution >= 4 is 5.91 Å². The van der Waals surface area contributed by atoms with Crippen molar-refractivity contribution in [1.29, 1.82) is 5.26 Å². The zero-order chi connectivity index (χ0) is 15.7. The lowest BCUT2D eigenvalue weighted by Crippen LogP contribution is -2.29. The highest BCUT2D eigenvalue weighted by atomic mass is 16.5. The van der Waals surface area contributed by atoms with Crippen molar-refractivity contribution in [3.05, 3.63) is 58.6 Å². The Kier molecular flexibility index (Phi) is 3.39. The summed E-state index contributed by atoms with van der Waals surface area (Å²) < 4.78 is 5.60. The molecule has 0 bridgehead atoms. The van der Waals surface area contributed by atoms with Gasteiger partial charge in [0.15, 0.2) is 0 Å². The molecule has 0 saturated carbocycles. The van der Waals surface area contributed by atoms with Crippen LogP contribution in [0, 0.1) is 18.3 Å². The van der Waals surface area contributed by atoms with E-state index >= 15 is 0 Å². The second-order valence-corrected chi connectivity index (χ2v) is 5.05. The Labute approximate surface area is 127 Å². The molecule has 1 aliphatic heterocycles. The van der Waals surface area contributed by atoms with E-state index in [1.54, 1.807) is 0 Å². The molecule has 22 heavy (non-hydrogen) atoms. The van der Waals surface area contributed by atoms with Crippen molar-refractivity contribution in [2.75, 3.05) is 0 Å². The number of nitrogens with zero attached hydrogens (tertiary/aromatic N) is 2. The number of nitrogens with one attached hydrogen (secondary N) is 2. The van der Waals surface area contributed by atoms with E-state index in [0.717, 1.165) is 16.8 Å². The van der Waals surface area contributed by atoms with E-state index in [2.05, 4.69) is 21.6 Å². The molecule has 0 saturated heterocycles. The van der Waals surface area contributed by atoms with Crippen molar-refractivity contribution in [3.8, 4) is 11.9 Å². The van der Waals surface area contributed by atoms with Crippen LogP contribution in [0.25, 0.3) is 0 Å². The largest absolute Gasteiger partial charge is 0.420 e. The van der Waals surface area contributed by atoms with Crippen molar-refractivity contribution in [2.45, 2.75) is 19.8 Å². The zero-order valence-corrected chi connectivity index (χ0v) is 12.2. The number of fused-ring (bicyclic) bond motifs is 1. The van der Waals surface area contributed by atoms with Crippen LogP contribution in [-0.2, 0) is 4.79 Å². The summed E-state index contributed by atoms with van der Waals surface area (Å²) in [6.45, 7) is 3.25. The Hall–Kier alpha value is -3.07. The van der Waals surface area contributed by atoms with Crippen LogP contribution in [0.5, 0.6) is 5.88 Å². The summed E-state index contributed by atoms with van der Waals surface area (Å²) in [5.74, 6) is -0.0993. The molecule has 6 nitrogen and oxygen atoms in total. The number of ether oxygens (including phenoxy) is 1. The summed E-state index contributed by atoms with van der Waals surface area (Å²) in [4.78, 5) is 11.4. The van der Waals surface area contributed by atoms with Crippen molar-refractivity contribution in [3.63, 3.8) is 0 Å². The highest BCUT2D eigenvalue weighted by molar-refractivity contribution is 5.75. The van der Waals surface area contributed by atoms with Gasteiger partial charge in [-0.2, -0.15) is 5.26 Å². The van der Waals surface area contributed by atoms with Gasteiger partial charge in [0.25, 0.3) is 0 Å². The first kappa shape index (κ1) is 13.9. The fourth-order valence-corrected chi connectivity index (χ4v) is 2.61. The third-order valence-corrected chi connectivity index (χ3v) is 3.52. The fourth-order valence-electron chi connectivity index (χ4n) is 2.61. The van der Waals surface area contributed by atoms with Gasteiger partial charge in [-0.3, -0.25) is 15.2 Å². The van der Waals surface area contributed by atoms with Gasteiger partial charge < -0.3 is 4.74 Å². The first-order valence-corrected chi connectivity index (χ1v) is 6.81. The third-order valence-electron chi connectivity index (χ3n) is 3.52. The van der Waals surface area contributed by atoms with Gasteiger partial charge >= 0.3 is 0 Å². The molecule has 2 heterocycles. The van der Waals surface area contributed by atoms with Crippen LogP contribution < -0.4 is 10.1 Å². The maximum atomic E-state index is 11.4. The van der Waals surface area contributed by atoms with Crippen molar-refractivity contribution in [1.82, 2.24) is 15.5 Å². The van der Waals surface area contributed by atoms with Gasteiger partial charge in [-0.25, -0.2) is 0 Å². The molecule has 0 fully saturated rings. The lowest BCUT2D eigenvalue weighted by molar-refractivity contribution is -0.118. The van der Waals surface area contributed by atoms with Crippen molar-refractivity contribution < 1.29 is 9.53 Å². The van der Waals surface area contributed by atoms with E-state index in [4.69, 9.17) is 4.74 Å². The van der Waals surface area contributed by atoms with Gasteiger partial charge in [-0.15, -0.1) is 5.10 Å². The monoisotopic (exact) mass is 294 g/mol. The van der Waals surface area contributed by atoms with E-state index in [0.29, 0.717) is 11.5 Å². The van der Waals surface area contributed by atoms with Gasteiger partial charge in [0, 0.05) is 18.2 Å². The average molecular weight is 294 g/mol. The molecule has 1 amide bonds. The predicted molar refractivity (Wildman–Crippen MR) is 78.7 cm³/mol. The Morgan fingerprint density at radius 1 is 1.41 bits per heavy atom. The Morgan fingerprint density at radius 3 is 2.77 bits per heavy atom. The number of amides is 1. The van der Waals surface area contributed by atoms with Gasteiger partial charge in [-0.1, -0.05) is 30.3 Å². The number of aromatic nitrogens is 2. The SMILES string of the molecule is CC(=O)NC1=C(C#N)[C@@H](c2ccccc2)c2c(n[nH]c2C)O1. The molecule has 2 N–H and O–H groups in total. The Balaban J connectivity index is 2.21. The molecule has 1 aliphatic rings. The number of carbonyl (C=O) groups is 1. The number of aryl methyl sites for hydroxylation is 1. The zero-order valence-electron chi connectivity index (χ0n) is 12.2. The first-order chi connectivity index (χ1) is 10.6. The van der Waals surface area contributed by atoms with Crippen LogP contribution in [0.1, 0.15) is 29.7 Å². The maximum absolute atomic E-state index is 11.4. The molecule has 0 aliphatic carbocycles. The summed E-state index contributed by atoms with van der Waals surface area (Å²) in [7, 11) is 0. The predicted octanol–water partition coefficient (Wildman–Crippen LogP) is 2.11. The van der Waals surface area contributed by atoms with Crippen LogP contribution >= 0.6 is 0 Å². The highest BCUT2D eigenvalue weighted by Crippen LogP contribution is 2.42. The Bertz CT molecular complexity index is 799. The molecule has 2 aromatic rings. The van der Waals surface area contributed by atoms with Crippen LogP contribution in [0.2, 0.25) is 0 Å². The summed E-state index contributed by atoms with van der Waals surface area (Å²) in [6, 6.07) is 11.8. The minimum absolute atomic E-state index is 0.142. The van der Waals surface area contributed by atoms with Crippen LogP contribution in [-0.4, -0.2) is 16.1 Å². The molecule has 0 unspecified atom stereocenters. The fraction of sp³-hybridized carbons (Fsp3) is 0.188. The van der Waals surface area contributed by atoms with Gasteiger partial charge in [0.05, 0.1) is 5.92 Å². The molecule has 3 rings (SSSR count). The average Bonchev–Trinajstić information content (AvgIpc) is 2.87. The summed E-state index contributed by atoms with van der Waals surface area (Å²) in [5, 5.41) is 19.2. The molecule has 0 radical (unpaired) electrons. The Morgan fingerprint density at radius 2 is 2.14 bits per heavy atom. The van der Waals surface area contributed by atoms with Gasteiger partial charge in [-0.05, 0) is 12.5 Å². The number of hydrogen-bond donors (Lipinski definition) is 2. The topological polar surface area (TPSA) is 90.8 Å². The minimum atomic E-state index is -0.324. The number of allylic oxidation sites excluding steroid dienone is 1. The molecule has 110 valence electrons. The van der Waals surface area contributed by atoms with Gasteiger partial charge in [0.2, 0.25) is 17.7 Å². The maximum Gasteiger partial charge on any atom is 0.244 e. The number of rotatable bonds is 2. The third kappa shape index (κ3) is 2.23. The molecule has 0 spiro atoms.